The quantitative estimate of drug-likeness (QED) is 0.248. The molecule has 0 fully saturated rings. The summed E-state index contributed by atoms with van der Waals surface area (Å²) in [6.07, 6.45) is 1.77. The van der Waals surface area contributed by atoms with Crippen molar-refractivity contribution in [2.45, 2.75) is 31.8 Å². The summed E-state index contributed by atoms with van der Waals surface area (Å²) in [4.78, 5) is 18.5. The van der Waals surface area contributed by atoms with Crippen LogP contribution in [0.1, 0.15) is 40.1 Å². The highest BCUT2D eigenvalue weighted by Gasteiger charge is 2.22. The zero-order chi connectivity index (χ0) is 24.7. The smallest absolute Gasteiger partial charge is 0.336 e. The summed E-state index contributed by atoms with van der Waals surface area (Å²) in [6.45, 7) is 5.84. The van der Waals surface area contributed by atoms with Crippen LogP contribution in [0.2, 0.25) is 0 Å². The molecule has 0 saturated carbocycles. The van der Waals surface area contributed by atoms with Crippen LogP contribution in [0.25, 0.3) is 33.3 Å². The molecule has 0 bridgehead atoms. The van der Waals surface area contributed by atoms with Gasteiger partial charge in [-0.15, -0.1) is 11.8 Å². The first-order chi connectivity index (χ1) is 16.9. The van der Waals surface area contributed by atoms with Crippen LogP contribution in [0, 0.1) is 13.8 Å². The van der Waals surface area contributed by atoms with Gasteiger partial charge in [0.2, 0.25) is 0 Å². The highest BCUT2D eigenvalue weighted by Crippen LogP contribution is 2.38. The van der Waals surface area contributed by atoms with Gasteiger partial charge in [0.25, 0.3) is 0 Å². The van der Waals surface area contributed by atoms with E-state index < -0.39 is 5.97 Å². The van der Waals surface area contributed by atoms with Gasteiger partial charge in [0, 0.05) is 15.8 Å². The lowest BCUT2D eigenvalue weighted by Crippen LogP contribution is -2.07. The number of aromatic nitrogens is 1. The number of carboxylic acid groups (broad SMARTS) is 1. The predicted octanol–water partition coefficient (Wildman–Crippen LogP) is 7.82. The topological polar surface area (TPSA) is 72.6 Å². The molecule has 3 aromatic carbocycles. The molecule has 0 amide bonds. The molecule has 0 spiro atoms. The van der Waals surface area contributed by atoms with Crippen LogP contribution < -0.4 is 4.74 Å². The van der Waals surface area contributed by atoms with Crippen molar-refractivity contribution in [3.05, 3.63) is 89.0 Å². The number of pyridine rings is 1. The van der Waals surface area contributed by atoms with Crippen molar-refractivity contribution < 1.29 is 19.1 Å². The van der Waals surface area contributed by atoms with E-state index in [1.54, 1.807) is 17.8 Å². The normalized spacial score (nSPS) is 12.2. The van der Waals surface area contributed by atoms with Crippen LogP contribution in [-0.2, 0) is 0 Å². The molecule has 0 aliphatic carbocycles. The molecule has 0 aliphatic rings. The third kappa shape index (κ3) is 4.15. The van der Waals surface area contributed by atoms with Gasteiger partial charge in [-0.1, -0.05) is 36.4 Å². The fourth-order valence-electron chi connectivity index (χ4n) is 4.38. The minimum atomic E-state index is -1.04. The largest absolute Gasteiger partial charge is 0.485 e. The second kappa shape index (κ2) is 9.12. The number of hydrogen-bond donors (Lipinski definition) is 1. The summed E-state index contributed by atoms with van der Waals surface area (Å²) in [5.41, 5.74) is 4.75. The minimum absolute atomic E-state index is 0.133. The Morgan fingerprint density at radius 2 is 1.80 bits per heavy atom. The second-order valence-corrected chi connectivity index (χ2v) is 9.43. The first kappa shape index (κ1) is 23.0. The number of fused-ring (bicyclic) bond motifs is 2. The number of nitrogens with zero attached hydrogens (tertiary/aromatic N) is 1. The van der Waals surface area contributed by atoms with Crippen molar-refractivity contribution in [2.75, 3.05) is 6.26 Å². The Labute approximate surface area is 207 Å². The number of para-hydroxylation sites is 1. The third-order valence-corrected chi connectivity index (χ3v) is 7.06. The molecule has 6 heteroatoms. The van der Waals surface area contributed by atoms with Crippen molar-refractivity contribution >= 4 is 39.6 Å². The van der Waals surface area contributed by atoms with Crippen molar-refractivity contribution in [2.24, 2.45) is 0 Å². The maximum atomic E-state index is 12.4. The molecule has 1 N–H and O–H groups in total. The molecule has 2 heterocycles. The molecule has 5 rings (SSSR count). The molecule has 1 unspecified atom stereocenters. The number of rotatable bonds is 6. The van der Waals surface area contributed by atoms with Gasteiger partial charge in [-0.3, -0.25) is 0 Å². The summed E-state index contributed by atoms with van der Waals surface area (Å²) in [5.74, 6) is 0.0215. The van der Waals surface area contributed by atoms with Crippen LogP contribution in [0.15, 0.2) is 76.0 Å². The van der Waals surface area contributed by atoms with Crippen LogP contribution >= 0.6 is 11.8 Å². The Balaban J connectivity index is 1.65. The van der Waals surface area contributed by atoms with Gasteiger partial charge in [0.05, 0.1) is 16.5 Å². The second-order valence-electron chi connectivity index (χ2n) is 8.55. The highest BCUT2D eigenvalue weighted by atomic mass is 32.2. The summed E-state index contributed by atoms with van der Waals surface area (Å²) in [7, 11) is 0. The SMILES string of the molecule is CSc1ccc(C(C)Oc2ccc(C)c3nc(-c4oc5ccccc5c4C)cc(C(=O)O)c23)cc1. The van der Waals surface area contributed by atoms with Gasteiger partial charge in [-0.25, -0.2) is 9.78 Å². The molecular formula is C29H25NO4S. The summed E-state index contributed by atoms with van der Waals surface area (Å²) in [5, 5.41) is 11.6. The summed E-state index contributed by atoms with van der Waals surface area (Å²) < 4.78 is 12.4. The van der Waals surface area contributed by atoms with Gasteiger partial charge in [-0.2, -0.15) is 0 Å². The van der Waals surface area contributed by atoms with E-state index in [2.05, 4.69) is 12.1 Å². The highest BCUT2D eigenvalue weighted by molar-refractivity contribution is 7.98. The lowest BCUT2D eigenvalue weighted by Gasteiger charge is -2.19. The average molecular weight is 484 g/mol. The van der Waals surface area contributed by atoms with Crippen molar-refractivity contribution in [1.82, 2.24) is 4.98 Å². The Morgan fingerprint density at radius 1 is 1.06 bits per heavy atom. The Bertz CT molecular complexity index is 1570. The van der Waals surface area contributed by atoms with Gasteiger partial charge in [0.15, 0.2) is 5.76 Å². The van der Waals surface area contributed by atoms with Crippen molar-refractivity contribution in [3.63, 3.8) is 0 Å². The summed E-state index contributed by atoms with van der Waals surface area (Å²) in [6, 6.07) is 21.2. The molecule has 1 atom stereocenters. The Morgan fingerprint density at radius 3 is 2.49 bits per heavy atom. The van der Waals surface area contributed by atoms with Gasteiger partial charge in [0.1, 0.15) is 23.1 Å². The van der Waals surface area contributed by atoms with E-state index in [4.69, 9.17) is 14.1 Å². The first-order valence-electron chi connectivity index (χ1n) is 11.3. The molecule has 35 heavy (non-hydrogen) atoms. The monoisotopic (exact) mass is 483 g/mol. The number of aryl methyl sites for hydroxylation is 2. The molecule has 5 aromatic rings. The Hall–Kier alpha value is -3.77. The van der Waals surface area contributed by atoms with E-state index >= 15 is 0 Å². The number of thioether (sulfide) groups is 1. The molecule has 0 aliphatic heterocycles. The van der Waals surface area contributed by atoms with E-state index in [1.165, 1.54) is 4.90 Å². The van der Waals surface area contributed by atoms with E-state index in [9.17, 15) is 9.90 Å². The van der Waals surface area contributed by atoms with Crippen LogP contribution in [-0.4, -0.2) is 22.3 Å². The number of ether oxygens (including phenoxy) is 1. The first-order valence-corrected chi connectivity index (χ1v) is 12.6. The number of carbonyl (C=O) groups is 1. The zero-order valence-electron chi connectivity index (χ0n) is 20.0. The zero-order valence-corrected chi connectivity index (χ0v) is 20.8. The maximum Gasteiger partial charge on any atom is 0.336 e. The molecule has 0 radical (unpaired) electrons. The van der Waals surface area contributed by atoms with E-state index in [0.717, 1.165) is 27.7 Å². The molecular weight excluding hydrogens is 458 g/mol. The van der Waals surface area contributed by atoms with Crippen molar-refractivity contribution in [1.29, 1.82) is 0 Å². The number of aromatic carboxylic acids is 1. The van der Waals surface area contributed by atoms with Gasteiger partial charge in [-0.05, 0) is 68.5 Å². The fraction of sp³-hybridized carbons (Fsp3) is 0.172. The van der Waals surface area contributed by atoms with Crippen LogP contribution in [0.4, 0.5) is 0 Å². The lowest BCUT2D eigenvalue weighted by atomic mass is 10.0. The van der Waals surface area contributed by atoms with Crippen LogP contribution in [0.3, 0.4) is 0 Å². The maximum absolute atomic E-state index is 12.4. The molecule has 176 valence electrons. The predicted molar refractivity (Wildman–Crippen MR) is 141 cm³/mol. The molecule has 2 aromatic heterocycles. The number of carboxylic acids is 1. The average Bonchev–Trinajstić information content (AvgIpc) is 3.21. The van der Waals surface area contributed by atoms with E-state index in [0.29, 0.717) is 28.1 Å². The lowest BCUT2D eigenvalue weighted by molar-refractivity contribution is 0.0698. The molecule has 0 saturated heterocycles. The molecule has 5 nitrogen and oxygen atoms in total. The standard InChI is InChI=1S/C29H25NO4S/c1-16-9-14-25(33-18(3)19-10-12-20(35-4)13-11-19)26-22(29(31)32)15-23(30-27(16)26)28-17(2)21-7-5-6-8-24(21)34-28/h5-15,18H,1-4H3,(H,31,32). The van der Waals surface area contributed by atoms with Crippen molar-refractivity contribution in [3.8, 4) is 17.2 Å². The van der Waals surface area contributed by atoms with E-state index in [-0.39, 0.29) is 11.7 Å². The number of benzene rings is 3. The Kier molecular flexibility index (Phi) is 5.99. The fourth-order valence-corrected chi connectivity index (χ4v) is 4.79. The van der Waals surface area contributed by atoms with Crippen LogP contribution in [0.5, 0.6) is 5.75 Å². The third-order valence-electron chi connectivity index (χ3n) is 6.32. The van der Waals surface area contributed by atoms with Gasteiger partial charge >= 0.3 is 5.97 Å². The van der Waals surface area contributed by atoms with E-state index in [1.807, 2.05) is 75.6 Å². The number of furan rings is 1. The minimum Gasteiger partial charge on any atom is -0.485 e. The summed E-state index contributed by atoms with van der Waals surface area (Å²) >= 11 is 1.68. The van der Waals surface area contributed by atoms with Gasteiger partial charge < -0.3 is 14.3 Å². The number of hydrogen-bond acceptors (Lipinski definition) is 5.